The van der Waals surface area contributed by atoms with Crippen molar-refractivity contribution in [2.24, 2.45) is 0 Å². The standard InChI is InChI=1S/C13H13N3O2/c1-7-4-10(5-8(2)15-7)12-14-6-11(13(17)18)9(3)16-12/h4-6H,1-3H3,(H,17,18). The maximum atomic E-state index is 10.9. The number of carboxylic acid groups (broad SMARTS) is 1. The first kappa shape index (κ1) is 12.2. The fourth-order valence-corrected chi connectivity index (χ4v) is 1.78. The minimum atomic E-state index is -1.01. The summed E-state index contributed by atoms with van der Waals surface area (Å²) in [5.41, 5.74) is 3.20. The predicted octanol–water partition coefficient (Wildman–Crippen LogP) is 2.16. The first-order valence-electron chi connectivity index (χ1n) is 5.50. The van der Waals surface area contributed by atoms with Gasteiger partial charge in [0.25, 0.3) is 0 Å². The molecule has 0 spiro atoms. The summed E-state index contributed by atoms with van der Waals surface area (Å²) in [6, 6.07) is 3.75. The molecule has 0 aliphatic heterocycles. The molecule has 1 N–H and O–H groups in total. The number of aromatic carboxylic acids is 1. The van der Waals surface area contributed by atoms with E-state index in [2.05, 4.69) is 15.0 Å². The Labute approximate surface area is 105 Å². The average molecular weight is 243 g/mol. The summed E-state index contributed by atoms with van der Waals surface area (Å²) in [6.45, 7) is 5.46. The van der Waals surface area contributed by atoms with Crippen molar-refractivity contribution >= 4 is 5.97 Å². The van der Waals surface area contributed by atoms with E-state index in [1.54, 1.807) is 6.92 Å². The molecule has 5 heteroatoms. The lowest BCUT2D eigenvalue weighted by atomic mass is 10.1. The van der Waals surface area contributed by atoms with Gasteiger partial charge in [-0.2, -0.15) is 0 Å². The van der Waals surface area contributed by atoms with Crippen LogP contribution in [0, 0.1) is 20.8 Å². The molecule has 5 nitrogen and oxygen atoms in total. The molecule has 0 aliphatic carbocycles. The molecule has 0 bridgehead atoms. The molecule has 92 valence electrons. The van der Waals surface area contributed by atoms with Crippen molar-refractivity contribution in [3.05, 3.63) is 41.0 Å². The molecule has 0 radical (unpaired) electrons. The highest BCUT2D eigenvalue weighted by atomic mass is 16.4. The van der Waals surface area contributed by atoms with Gasteiger partial charge in [0.1, 0.15) is 0 Å². The number of aromatic nitrogens is 3. The van der Waals surface area contributed by atoms with Crippen LogP contribution in [0.25, 0.3) is 11.4 Å². The van der Waals surface area contributed by atoms with Crippen molar-refractivity contribution in [1.29, 1.82) is 0 Å². The number of aryl methyl sites for hydroxylation is 3. The van der Waals surface area contributed by atoms with Crippen LogP contribution >= 0.6 is 0 Å². The third-order valence-corrected chi connectivity index (χ3v) is 2.55. The summed E-state index contributed by atoms with van der Waals surface area (Å²) in [4.78, 5) is 23.5. The van der Waals surface area contributed by atoms with E-state index in [-0.39, 0.29) is 5.56 Å². The van der Waals surface area contributed by atoms with Crippen LogP contribution in [-0.2, 0) is 0 Å². The third kappa shape index (κ3) is 2.34. The number of pyridine rings is 1. The molecule has 2 heterocycles. The maximum absolute atomic E-state index is 10.9. The minimum absolute atomic E-state index is 0.126. The molecule has 0 saturated heterocycles. The smallest absolute Gasteiger partial charge is 0.339 e. The maximum Gasteiger partial charge on any atom is 0.339 e. The molecule has 2 rings (SSSR count). The van der Waals surface area contributed by atoms with Crippen molar-refractivity contribution in [3.8, 4) is 11.4 Å². The highest BCUT2D eigenvalue weighted by Crippen LogP contribution is 2.18. The molecular formula is C13H13N3O2. The Morgan fingerprint density at radius 2 is 1.72 bits per heavy atom. The monoisotopic (exact) mass is 243 g/mol. The lowest BCUT2D eigenvalue weighted by Crippen LogP contribution is -2.04. The second kappa shape index (κ2) is 4.52. The molecule has 0 saturated carbocycles. The van der Waals surface area contributed by atoms with Gasteiger partial charge in [0.2, 0.25) is 0 Å². The normalized spacial score (nSPS) is 10.4. The second-order valence-corrected chi connectivity index (χ2v) is 4.14. The van der Waals surface area contributed by atoms with E-state index in [9.17, 15) is 4.79 Å². The number of rotatable bonds is 2. The highest BCUT2D eigenvalue weighted by molar-refractivity contribution is 5.88. The first-order valence-corrected chi connectivity index (χ1v) is 5.50. The van der Waals surface area contributed by atoms with Crippen molar-refractivity contribution in [1.82, 2.24) is 15.0 Å². The Bertz CT molecular complexity index is 603. The van der Waals surface area contributed by atoms with Crippen molar-refractivity contribution in [2.75, 3.05) is 0 Å². The van der Waals surface area contributed by atoms with Crippen LogP contribution in [0.5, 0.6) is 0 Å². The van der Waals surface area contributed by atoms with Crippen LogP contribution < -0.4 is 0 Å². The lowest BCUT2D eigenvalue weighted by molar-refractivity contribution is 0.0695. The quantitative estimate of drug-likeness (QED) is 0.874. The van der Waals surface area contributed by atoms with Crippen LogP contribution in [-0.4, -0.2) is 26.0 Å². The molecule has 0 aliphatic rings. The van der Waals surface area contributed by atoms with Crippen molar-refractivity contribution in [2.45, 2.75) is 20.8 Å². The van der Waals surface area contributed by atoms with Gasteiger partial charge in [0.05, 0.1) is 11.3 Å². The van der Waals surface area contributed by atoms with Gasteiger partial charge < -0.3 is 5.11 Å². The van der Waals surface area contributed by atoms with Gasteiger partial charge in [-0.1, -0.05) is 0 Å². The zero-order chi connectivity index (χ0) is 13.3. The zero-order valence-electron chi connectivity index (χ0n) is 10.4. The van der Waals surface area contributed by atoms with Gasteiger partial charge >= 0.3 is 5.97 Å². The van der Waals surface area contributed by atoms with Crippen LogP contribution in [0.1, 0.15) is 27.4 Å². The Morgan fingerprint density at radius 1 is 1.11 bits per heavy atom. The summed E-state index contributed by atoms with van der Waals surface area (Å²) >= 11 is 0. The summed E-state index contributed by atoms with van der Waals surface area (Å²) < 4.78 is 0. The van der Waals surface area contributed by atoms with Gasteiger partial charge in [0.15, 0.2) is 5.82 Å². The van der Waals surface area contributed by atoms with E-state index >= 15 is 0 Å². The second-order valence-electron chi connectivity index (χ2n) is 4.14. The summed E-state index contributed by atoms with van der Waals surface area (Å²) in [5.74, 6) is -0.493. The Hall–Kier alpha value is -2.30. The van der Waals surface area contributed by atoms with Gasteiger partial charge in [-0.05, 0) is 32.9 Å². The van der Waals surface area contributed by atoms with Crippen LogP contribution in [0.2, 0.25) is 0 Å². The third-order valence-electron chi connectivity index (χ3n) is 2.55. The van der Waals surface area contributed by atoms with Crippen LogP contribution in [0.15, 0.2) is 18.3 Å². The number of hydrogen-bond acceptors (Lipinski definition) is 4. The topological polar surface area (TPSA) is 76.0 Å². The van der Waals surface area contributed by atoms with E-state index in [0.29, 0.717) is 11.5 Å². The highest BCUT2D eigenvalue weighted by Gasteiger charge is 2.11. The summed E-state index contributed by atoms with van der Waals surface area (Å²) in [6.07, 6.45) is 1.34. The van der Waals surface area contributed by atoms with Gasteiger partial charge in [-0.25, -0.2) is 14.8 Å². The molecular weight excluding hydrogens is 230 g/mol. The molecule has 0 fully saturated rings. The lowest BCUT2D eigenvalue weighted by Gasteiger charge is -2.05. The van der Waals surface area contributed by atoms with Crippen molar-refractivity contribution < 1.29 is 9.90 Å². The van der Waals surface area contributed by atoms with Crippen LogP contribution in [0.4, 0.5) is 0 Å². The Balaban J connectivity index is 2.52. The van der Waals surface area contributed by atoms with Gasteiger partial charge in [0, 0.05) is 23.1 Å². The van der Waals surface area contributed by atoms with E-state index in [4.69, 9.17) is 5.11 Å². The largest absolute Gasteiger partial charge is 0.478 e. The predicted molar refractivity (Wildman–Crippen MR) is 66.4 cm³/mol. The SMILES string of the molecule is Cc1cc(-c2ncc(C(=O)O)c(C)n2)cc(C)n1. The molecule has 18 heavy (non-hydrogen) atoms. The minimum Gasteiger partial charge on any atom is -0.478 e. The zero-order valence-corrected chi connectivity index (χ0v) is 10.4. The van der Waals surface area contributed by atoms with E-state index < -0.39 is 5.97 Å². The van der Waals surface area contributed by atoms with E-state index in [0.717, 1.165) is 17.0 Å². The molecule has 0 atom stereocenters. The molecule has 0 unspecified atom stereocenters. The first-order chi connectivity index (χ1) is 8.47. The number of nitrogens with zero attached hydrogens (tertiary/aromatic N) is 3. The number of hydrogen-bond donors (Lipinski definition) is 1. The van der Waals surface area contributed by atoms with Gasteiger partial charge in [-0.3, -0.25) is 4.98 Å². The Morgan fingerprint density at radius 3 is 2.22 bits per heavy atom. The fourth-order valence-electron chi connectivity index (χ4n) is 1.78. The molecule has 0 aromatic carbocycles. The number of carbonyl (C=O) groups is 1. The summed E-state index contributed by atoms with van der Waals surface area (Å²) in [5, 5.41) is 8.93. The van der Waals surface area contributed by atoms with Crippen LogP contribution in [0.3, 0.4) is 0 Å². The fraction of sp³-hybridized carbons (Fsp3) is 0.231. The molecule has 0 amide bonds. The number of carboxylic acids is 1. The summed E-state index contributed by atoms with van der Waals surface area (Å²) in [7, 11) is 0. The van der Waals surface area contributed by atoms with E-state index in [1.807, 2.05) is 26.0 Å². The van der Waals surface area contributed by atoms with Gasteiger partial charge in [-0.15, -0.1) is 0 Å². The molecule has 2 aromatic rings. The van der Waals surface area contributed by atoms with E-state index in [1.165, 1.54) is 6.20 Å². The average Bonchev–Trinajstić information content (AvgIpc) is 2.26. The van der Waals surface area contributed by atoms with Crippen molar-refractivity contribution in [3.63, 3.8) is 0 Å². The Kier molecular flexibility index (Phi) is 3.06. The molecule has 2 aromatic heterocycles.